The number of methoxy groups -OCH3 is 1. The van der Waals surface area contributed by atoms with Crippen LogP contribution in [0.4, 0.5) is 0 Å². The first-order valence-corrected chi connectivity index (χ1v) is 9.06. The Morgan fingerprint density at radius 2 is 1.83 bits per heavy atom. The molecule has 4 heteroatoms. The lowest BCUT2D eigenvalue weighted by atomic mass is 10.1. The zero-order chi connectivity index (χ0) is 17.4. The largest absolute Gasteiger partial charge is 0.468 e. The number of carbonyl (C=O) groups is 1. The molecule has 0 aliphatic rings. The van der Waals surface area contributed by atoms with Gasteiger partial charge in [-0.2, -0.15) is 0 Å². The number of hydrogen-bond donors (Lipinski definition) is 0. The Bertz CT molecular complexity index is 742. The molecule has 0 spiro atoms. The van der Waals surface area contributed by atoms with Crippen molar-refractivity contribution in [1.82, 2.24) is 0 Å². The first-order valence-electron chi connectivity index (χ1n) is 8.07. The second-order valence-corrected chi connectivity index (χ2v) is 6.56. The van der Waals surface area contributed by atoms with Gasteiger partial charge in [0.05, 0.1) is 12.9 Å². The highest BCUT2D eigenvalue weighted by atomic mass is 32.2. The lowest BCUT2D eigenvalue weighted by Crippen LogP contribution is -2.04. The lowest BCUT2D eigenvalue weighted by molar-refractivity contribution is -0.137. The van der Waals surface area contributed by atoms with Crippen molar-refractivity contribution in [3.63, 3.8) is 0 Å². The fourth-order valence-electron chi connectivity index (χ4n) is 2.36. The minimum absolute atomic E-state index is 0.0484. The third kappa shape index (κ3) is 5.24. The van der Waals surface area contributed by atoms with Crippen molar-refractivity contribution >= 4 is 17.7 Å². The van der Waals surface area contributed by atoms with Crippen LogP contribution in [-0.4, -0.2) is 18.8 Å². The zero-order valence-electron chi connectivity index (χ0n) is 14.1. The third-order valence-corrected chi connectivity index (χ3v) is 4.66. The maximum Gasteiger partial charge on any atom is 0.315 e. The van der Waals surface area contributed by atoms with Crippen molar-refractivity contribution < 1.29 is 9.53 Å². The molecule has 2 aromatic carbocycles. The molecule has 0 saturated heterocycles. The molecule has 0 amide bonds. The average Bonchev–Trinajstić information content (AvgIpc) is 2.77. The Morgan fingerprint density at radius 1 is 1.08 bits per heavy atom. The van der Waals surface area contributed by atoms with Gasteiger partial charge in [0.15, 0.2) is 5.43 Å². The summed E-state index contributed by atoms with van der Waals surface area (Å²) in [5.41, 5.74) is 2.71. The molecule has 0 radical (unpaired) electrons. The number of thioether (sulfide) groups is 1. The average molecular weight is 342 g/mol. The Morgan fingerprint density at radius 3 is 2.50 bits per heavy atom. The first kappa shape index (κ1) is 18.3. The van der Waals surface area contributed by atoms with E-state index in [0.29, 0.717) is 0 Å². The summed E-state index contributed by atoms with van der Waals surface area (Å²) in [6.45, 7) is 2.11. The Hall–Kier alpha value is -2.07. The highest BCUT2D eigenvalue weighted by Crippen LogP contribution is 2.25. The second kappa shape index (κ2) is 9.28. The fourth-order valence-corrected chi connectivity index (χ4v) is 3.20. The highest BCUT2D eigenvalue weighted by molar-refractivity contribution is 8.00. The van der Waals surface area contributed by atoms with E-state index in [9.17, 15) is 9.59 Å². The number of unbranched alkanes of at least 4 members (excludes halogenated alkanes) is 1. The molecular formula is C20H22O3S. The Kier molecular flexibility index (Phi) is 7.07. The maximum absolute atomic E-state index is 12.6. The van der Waals surface area contributed by atoms with Crippen LogP contribution in [0.1, 0.15) is 25.3 Å². The van der Waals surface area contributed by atoms with Gasteiger partial charge in [-0.3, -0.25) is 9.59 Å². The van der Waals surface area contributed by atoms with Crippen molar-refractivity contribution in [2.75, 3.05) is 12.9 Å². The number of ether oxygens (including phenoxy) is 1. The molecule has 126 valence electrons. The van der Waals surface area contributed by atoms with Crippen molar-refractivity contribution in [3.05, 3.63) is 64.3 Å². The van der Waals surface area contributed by atoms with Gasteiger partial charge in [0.25, 0.3) is 0 Å². The van der Waals surface area contributed by atoms with Crippen molar-refractivity contribution in [1.29, 1.82) is 0 Å². The molecule has 0 aromatic heterocycles. The molecule has 2 rings (SSSR count). The van der Waals surface area contributed by atoms with Crippen LogP contribution in [0.2, 0.25) is 0 Å². The summed E-state index contributed by atoms with van der Waals surface area (Å²) >= 11 is 1.40. The van der Waals surface area contributed by atoms with Crippen LogP contribution in [-0.2, 0) is 16.0 Å². The molecule has 0 saturated carbocycles. The quantitative estimate of drug-likeness (QED) is 0.555. The molecule has 2 aromatic rings. The lowest BCUT2D eigenvalue weighted by Gasteiger charge is -2.01. The van der Waals surface area contributed by atoms with Crippen molar-refractivity contribution in [3.8, 4) is 11.1 Å². The van der Waals surface area contributed by atoms with E-state index in [-0.39, 0.29) is 17.2 Å². The number of aryl methyl sites for hydroxylation is 1. The summed E-state index contributed by atoms with van der Waals surface area (Å²) in [4.78, 5) is 24.9. The van der Waals surface area contributed by atoms with E-state index < -0.39 is 0 Å². The van der Waals surface area contributed by atoms with Crippen LogP contribution in [0.3, 0.4) is 0 Å². The molecule has 0 unspecified atom stereocenters. The van der Waals surface area contributed by atoms with Crippen LogP contribution >= 0.6 is 11.8 Å². The highest BCUT2D eigenvalue weighted by Gasteiger charge is 2.07. The predicted octanol–water partition coefficient (Wildman–Crippen LogP) is 4.32. The van der Waals surface area contributed by atoms with E-state index in [2.05, 4.69) is 6.92 Å². The molecule has 0 fully saturated rings. The topological polar surface area (TPSA) is 43.4 Å². The summed E-state index contributed by atoms with van der Waals surface area (Å²) in [6.07, 6.45) is 2.76. The van der Waals surface area contributed by atoms with Crippen LogP contribution in [0.25, 0.3) is 11.1 Å². The van der Waals surface area contributed by atoms with E-state index in [1.165, 1.54) is 18.9 Å². The van der Waals surface area contributed by atoms with Crippen LogP contribution in [0, 0.1) is 0 Å². The summed E-state index contributed by atoms with van der Waals surface area (Å²) < 4.78 is 4.71. The maximum atomic E-state index is 12.6. The fraction of sp³-hybridized carbons (Fsp3) is 0.300. The summed E-state index contributed by atoms with van der Waals surface area (Å²) in [5, 5.41) is 0. The summed E-state index contributed by atoms with van der Waals surface area (Å²) in [5.74, 6) is -0.0406. The van der Waals surface area contributed by atoms with E-state index in [1.807, 2.05) is 42.5 Å². The summed E-state index contributed by atoms with van der Waals surface area (Å²) in [7, 11) is 1.38. The Labute approximate surface area is 147 Å². The van der Waals surface area contributed by atoms with Gasteiger partial charge in [-0.05, 0) is 42.2 Å². The molecule has 3 nitrogen and oxygen atoms in total. The SMILES string of the molecule is CCCCc1cc(SCC(=O)OC)cc(-c2ccccc2)cc1=O. The van der Waals surface area contributed by atoms with E-state index >= 15 is 0 Å². The number of benzene rings is 1. The van der Waals surface area contributed by atoms with E-state index in [4.69, 9.17) is 4.74 Å². The second-order valence-electron chi connectivity index (χ2n) is 5.51. The van der Waals surface area contributed by atoms with Gasteiger partial charge in [0.2, 0.25) is 0 Å². The van der Waals surface area contributed by atoms with Gasteiger partial charge in [-0.15, -0.1) is 11.8 Å². The molecule has 24 heavy (non-hydrogen) atoms. The Balaban J connectivity index is 2.45. The zero-order valence-corrected chi connectivity index (χ0v) is 14.9. The number of hydrogen-bond acceptors (Lipinski definition) is 4. The normalized spacial score (nSPS) is 10.4. The molecule has 0 atom stereocenters. The third-order valence-electron chi connectivity index (χ3n) is 3.71. The van der Waals surface area contributed by atoms with E-state index in [0.717, 1.165) is 40.8 Å². The van der Waals surface area contributed by atoms with Crippen LogP contribution in [0.5, 0.6) is 0 Å². The van der Waals surface area contributed by atoms with Crippen LogP contribution < -0.4 is 5.43 Å². The molecule has 0 aliphatic heterocycles. The number of esters is 1. The minimum atomic E-state index is -0.273. The minimum Gasteiger partial charge on any atom is -0.468 e. The molecule has 0 bridgehead atoms. The first-order chi connectivity index (χ1) is 11.6. The standard InChI is InChI=1S/C20H22O3S/c1-3-4-8-16-11-18(24-14-20(22)23-2)12-17(13-19(16)21)15-9-6-5-7-10-15/h5-7,9-13H,3-4,8,14H2,1-2H3. The van der Waals surface area contributed by atoms with Gasteiger partial charge >= 0.3 is 5.97 Å². The molecule has 0 heterocycles. The summed E-state index contributed by atoms with van der Waals surface area (Å²) in [6, 6.07) is 15.4. The number of rotatable bonds is 7. The van der Waals surface area contributed by atoms with Gasteiger partial charge in [0.1, 0.15) is 0 Å². The van der Waals surface area contributed by atoms with Crippen molar-refractivity contribution in [2.24, 2.45) is 0 Å². The van der Waals surface area contributed by atoms with Crippen molar-refractivity contribution in [2.45, 2.75) is 31.1 Å². The van der Waals surface area contributed by atoms with E-state index in [1.54, 1.807) is 6.07 Å². The smallest absolute Gasteiger partial charge is 0.315 e. The number of carbonyl (C=O) groups excluding carboxylic acids is 1. The van der Waals surface area contributed by atoms with Crippen LogP contribution in [0.15, 0.2) is 58.2 Å². The van der Waals surface area contributed by atoms with Gasteiger partial charge in [-0.25, -0.2) is 0 Å². The van der Waals surface area contributed by atoms with Gasteiger partial charge < -0.3 is 4.74 Å². The van der Waals surface area contributed by atoms with Gasteiger partial charge in [-0.1, -0.05) is 43.7 Å². The molecular weight excluding hydrogens is 320 g/mol. The predicted molar refractivity (Wildman–Crippen MR) is 99.5 cm³/mol. The monoisotopic (exact) mass is 342 g/mol. The molecule has 0 aliphatic carbocycles. The molecule has 0 N–H and O–H groups in total. The van der Waals surface area contributed by atoms with Gasteiger partial charge in [0, 0.05) is 10.5 Å².